The first-order valence-electron chi connectivity index (χ1n) is 8.86. The van der Waals surface area contributed by atoms with Gasteiger partial charge < -0.3 is 15.8 Å². The quantitative estimate of drug-likeness (QED) is 0.539. The molecule has 4 heteroatoms. The van der Waals surface area contributed by atoms with Gasteiger partial charge in [-0.2, -0.15) is 0 Å². The van der Waals surface area contributed by atoms with Crippen LogP contribution in [0, 0.1) is 13.8 Å². The van der Waals surface area contributed by atoms with Gasteiger partial charge in [-0.3, -0.25) is 4.79 Å². The Morgan fingerprint density at radius 2 is 1.84 bits per heavy atom. The summed E-state index contributed by atoms with van der Waals surface area (Å²) in [7, 11) is 0. The molecule has 0 saturated heterocycles. The number of nitrogens with two attached hydrogens (primary N) is 1. The predicted octanol–water partition coefficient (Wildman–Crippen LogP) is 3.79. The summed E-state index contributed by atoms with van der Waals surface area (Å²) >= 11 is 0. The number of carbonyl (C=O) groups excluding carboxylic acids is 1. The van der Waals surface area contributed by atoms with Crippen molar-refractivity contribution in [2.75, 3.05) is 18.9 Å². The molecule has 25 heavy (non-hydrogen) atoms. The van der Waals surface area contributed by atoms with Crippen LogP contribution in [0.15, 0.2) is 42.5 Å². The fraction of sp³-hybridized carbons (Fsp3) is 0.381. The molecular formula is C21H28N2O2. The molecule has 0 unspecified atom stereocenters. The third-order valence-electron chi connectivity index (χ3n) is 4.11. The van der Waals surface area contributed by atoms with Crippen LogP contribution in [0.25, 0.3) is 0 Å². The standard InChI is InChI=1S/C21H28N2O2/c1-16-6-7-17(2)20(15-16)25-14-4-3-5-21(24)23-13-12-18-8-10-19(22)11-9-18/h6-11,15H,3-5,12-14,22H2,1-2H3,(H,23,24). The van der Waals surface area contributed by atoms with Gasteiger partial charge in [0.25, 0.3) is 0 Å². The molecule has 2 aromatic rings. The van der Waals surface area contributed by atoms with E-state index < -0.39 is 0 Å². The Morgan fingerprint density at radius 3 is 2.60 bits per heavy atom. The van der Waals surface area contributed by atoms with E-state index in [1.165, 1.54) is 11.1 Å². The Morgan fingerprint density at radius 1 is 1.08 bits per heavy atom. The summed E-state index contributed by atoms with van der Waals surface area (Å²) < 4.78 is 5.81. The normalized spacial score (nSPS) is 10.5. The molecule has 0 aliphatic heterocycles. The minimum Gasteiger partial charge on any atom is -0.493 e. The molecule has 0 aliphatic carbocycles. The largest absolute Gasteiger partial charge is 0.493 e. The maximum Gasteiger partial charge on any atom is 0.220 e. The zero-order chi connectivity index (χ0) is 18.1. The van der Waals surface area contributed by atoms with Gasteiger partial charge in [-0.05, 0) is 68.0 Å². The van der Waals surface area contributed by atoms with Crippen LogP contribution in [0.3, 0.4) is 0 Å². The summed E-state index contributed by atoms with van der Waals surface area (Å²) in [5.41, 5.74) is 9.93. The highest BCUT2D eigenvalue weighted by molar-refractivity contribution is 5.75. The molecule has 1 amide bonds. The highest BCUT2D eigenvalue weighted by Gasteiger charge is 2.03. The van der Waals surface area contributed by atoms with Crippen LogP contribution < -0.4 is 15.8 Å². The average Bonchev–Trinajstić information content (AvgIpc) is 2.59. The lowest BCUT2D eigenvalue weighted by atomic mass is 10.1. The van der Waals surface area contributed by atoms with Crippen molar-refractivity contribution >= 4 is 11.6 Å². The first kappa shape index (κ1) is 18.8. The van der Waals surface area contributed by atoms with E-state index in [0.29, 0.717) is 19.6 Å². The van der Waals surface area contributed by atoms with Crippen LogP contribution in [0.1, 0.15) is 36.0 Å². The minimum absolute atomic E-state index is 0.0992. The second kappa shape index (κ2) is 9.72. The molecule has 2 aromatic carbocycles. The van der Waals surface area contributed by atoms with Crippen molar-refractivity contribution in [3.63, 3.8) is 0 Å². The van der Waals surface area contributed by atoms with Crippen molar-refractivity contribution in [2.45, 2.75) is 39.5 Å². The van der Waals surface area contributed by atoms with Crippen LogP contribution in [-0.2, 0) is 11.2 Å². The van der Waals surface area contributed by atoms with Gasteiger partial charge in [-0.25, -0.2) is 0 Å². The van der Waals surface area contributed by atoms with Crippen LogP contribution in [0.4, 0.5) is 5.69 Å². The highest BCUT2D eigenvalue weighted by Crippen LogP contribution is 2.19. The van der Waals surface area contributed by atoms with Gasteiger partial charge in [0.2, 0.25) is 5.91 Å². The lowest BCUT2D eigenvalue weighted by Crippen LogP contribution is -2.25. The van der Waals surface area contributed by atoms with Crippen molar-refractivity contribution in [3.05, 3.63) is 59.2 Å². The number of carbonyl (C=O) groups is 1. The third kappa shape index (κ3) is 6.87. The lowest BCUT2D eigenvalue weighted by Gasteiger charge is -2.10. The Kier molecular flexibility index (Phi) is 7.33. The number of amides is 1. The number of ether oxygens (including phenoxy) is 1. The smallest absolute Gasteiger partial charge is 0.220 e. The molecule has 0 atom stereocenters. The van der Waals surface area contributed by atoms with E-state index in [1.807, 2.05) is 31.2 Å². The monoisotopic (exact) mass is 340 g/mol. The molecule has 0 radical (unpaired) electrons. The minimum atomic E-state index is 0.0992. The Labute approximate surface area is 150 Å². The first-order chi connectivity index (χ1) is 12.0. The third-order valence-corrected chi connectivity index (χ3v) is 4.11. The second-order valence-electron chi connectivity index (χ2n) is 6.42. The molecule has 0 aromatic heterocycles. The molecule has 0 saturated carbocycles. The molecule has 3 N–H and O–H groups in total. The van der Waals surface area contributed by atoms with Crippen molar-refractivity contribution in [3.8, 4) is 5.75 Å². The molecular weight excluding hydrogens is 312 g/mol. The second-order valence-corrected chi connectivity index (χ2v) is 6.42. The fourth-order valence-electron chi connectivity index (χ4n) is 2.55. The van der Waals surface area contributed by atoms with E-state index in [4.69, 9.17) is 10.5 Å². The molecule has 134 valence electrons. The number of anilines is 1. The fourth-order valence-corrected chi connectivity index (χ4v) is 2.55. The molecule has 0 spiro atoms. The van der Waals surface area contributed by atoms with Crippen molar-refractivity contribution in [1.82, 2.24) is 5.32 Å². The summed E-state index contributed by atoms with van der Waals surface area (Å²) in [4.78, 5) is 11.8. The molecule has 0 bridgehead atoms. The summed E-state index contributed by atoms with van der Waals surface area (Å²) in [6.07, 6.45) is 3.07. The van der Waals surface area contributed by atoms with E-state index in [-0.39, 0.29) is 5.91 Å². The number of benzene rings is 2. The maximum atomic E-state index is 11.8. The number of aryl methyl sites for hydroxylation is 2. The van der Waals surface area contributed by atoms with Gasteiger partial charge in [0, 0.05) is 18.7 Å². The van der Waals surface area contributed by atoms with E-state index in [9.17, 15) is 4.79 Å². The molecule has 0 fully saturated rings. The Balaban J connectivity index is 1.56. The number of unbranched alkanes of at least 4 members (excludes halogenated alkanes) is 1. The van der Waals surface area contributed by atoms with Gasteiger partial charge in [0.05, 0.1) is 6.61 Å². The van der Waals surface area contributed by atoms with E-state index >= 15 is 0 Å². The SMILES string of the molecule is Cc1ccc(C)c(OCCCCC(=O)NCCc2ccc(N)cc2)c1. The van der Waals surface area contributed by atoms with Crippen LogP contribution in [0.5, 0.6) is 5.75 Å². The summed E-state index contributed by atoms with van der Waals surface area (Å²) in [6, 6.07) is 14.0. The summed E-state index contributed by atoms with van der Waals surface area (Å²) in [5.74, 6) is 1.04. The van der Waals surface area contributed by atoms with Gasteiger partial charge in [0.1, 0.15) is 5.75 Å². The van der Waals surface area contributed by atoms with Crippen LogP contribution >= 0.6 is 0 Å². The average molecular weight is 340 g/mol. The number of hydrogen-bond donors (Lipinski definition) is 2. The predicted molar refractivity (Wildman–Crippen MR) is 103 cm³/mol. The van der Waals surface area contributed by atoms with Gasteiger partial charge in [-0.15, -0.1) is 0 Å². The number of nitrogens with one attached hydrogen (secondary N) is 1. The number of rotatable bonds is 9. The summed E-state index contributed by atoms with van der Waals surface area (Å²) in [5, 5.41) is 2.96. The van der Waals surface area contributed by atoms with Crippen molar-refractivity contribution in [1.29, 1.82) is 0 Å². The molecule has 4 nitrogen and oxygen atoms in total. The summed E-state index contributed by atoms with van der Waals surface area (Å²) in [6.45, 7) is 5.40. The van der Waals surface area contributed by atoms with Gasteiger partial charge >= 0.3 is 0 Å². The first-order valence-corrected chi connectivity index (χ1v) is 8.86. The van der Waals surface area contributed by atoms with E-state index in [1.54, 1.807) is 0 Å². The maximum absolute atomic E-state index is 11.8. The van der Waals surface area contributed by atoms with E-state index in [0.717, 1.165) is 36.3 Å². The van der Waals surface area contributed by atoms with Gasteiger partial charge in [0.15, 0.2) is 0 Å². The van der Waals surface area contributed by atoms with E-state index in [2.05, 4.69) is 30.4 Å². The molecule has 0 heterocycles. The van der Waals surface area contributed by atoms with Crippen molar-refractivity contribution in [2.24, 2.45) is 0 Å². The molecule has 0 aliphatic rings. The van der Waals surface area contributed by atoms with Crippen LogP contribution in [0.2, 0.25) is 0 Å². The Hall–Kier alpha value is -2.49. The zero-order valence-corrected chi connectivity index (χ0v) is 15.2. The highest BCUT2D eigenvalue weighted by atomic mass is 16.5. The number of nitrogen functional groups attached to an aromatic ring is 1. The van der Waals surface area contributed by atoms with Crippen LogP contribution in [-0.4, -0.2) is 19.1 Å². The zero-order valence-electron chi connectivity index (χ0n) is 15.2. The Bertz CT molecular complexity index is 681. The van der Waals surface area contributed by atoms with Gasteiger partial charge in [-0.1, -0.05) is 24.3 Å². The topological polar surface area (TPSA) is 64.3 Å². The lowest BCUT2D eigenvalue weighted by molar-refractivity contribution is -0.121. The number of hydrogen-bond acceptors (Lipinski definition) is 3. The van der Waals surface area contributed by atoms with Crippen molar-refractivity contribution < 1.29 is 9.53 Å². The molecule has 2 rings (SSSR count).